The number of amides is 2. The topological polar surface area (TPSA) is 76.7 Å². The third-order valence-electron chi connectivity index (χ3n) is 4.58. The second kappa shape index (κ2) is 11.9. The first kappa shape index (κ1) is 26.3. The second-order valence-corrected chi connectivity index (χ2v) is 9.78. The second-order valence-electron chi connectivity index (χ2n) is 7.19. The number of nitrogens with one attached hydrogen (secondary N) is 2. The molecule has 0 heterocycles. The van der Waals surface area contributed by atoms with Gasteiger partial charge in [0.25, 0.3) is 11.8 Å². The summed E-state index contributed by atoms with van der Waals surface area (Å²) in [5, 5.41) is 6.66. The quantitative estimate of drug-likeness (QED) is 0.273. The summed E-state index contributed by atoms with van der Waals surface area (Å²) in [6.45, 7) is 3.24. The van der Waals surface area contributed by atoms with E-state index in [1.165, 1.54) is 0 Å². The van der Waals surface area contributed by atoms with Crippen molar-refractivity contribution in [2.75, 3.05) is 10.6 Å². The molecule has 34 heavy (non-hydrogen) atoms. The number of carbonyl (C=O) groups is 2. The van der Waals surface area contributed by atoms with Crippen molar-refractivity contribution >= 4 is 78.3 Å². The van der Waals surface area contributed by atoms with Gasteiger partial charge in [0.1, 0.15) is 11.5 Å². The van der Waals surface area contributed by atoms with Crippen LogP contribution in [0.4, 0.5) is 11.4 Å². The van der Waals surface area contributed by atoms with Gasteiger partial charge in [-0.2, -0.15) is 0 Å². The van der Waals surface area contributed by atoms with Gasteiger partial charge in [0.15, 0.2) is 12.2 Å². The van der Waals surface area contributed by atoms with Gasteiger partial charge < -0.3 is 20.1 Å². The van der Waals surface area contributed by atoms with E-state index in [9.17, 15) is 9.59 Å². The Kier molecular flexibility index (Phi) is 9.24. The van der Waals surface area contributed by atoms with E-state index in [1.807, 2.05) is 0 Å². The summed E-state index contributed by atoms with van der Waals surface area (Å²) in [6, 6.07) is 16.9. The van der Waals surface area contributed by atoms with Crippen LogP contribution in [0.2, 0.25) is 10.0 Å². The highest BCUT2D eigenvalue weighted by molar-refractivity contribution is 9.10. The molecule has 3 aromatic carbocycles. The van der Waals surface area contributed by atoms with Crippen LogP contribution in [0.15, 0.2) is 69.6 Å². The van der Waals surface area contributed by atoms with Crippen LogP contribution in [0, 0.1) is 0 Å². The zero-order valence-corrected chi connectivity index (χ0v) is 22.8. The van der Waals surface area contributed by atoms with Gasteiger partial charge in [-0.1, -0.05) is 35.3 Å². The highest BCUT2D eigenvalue weighted by atomic mass is 79.9. The largest absolute Gasteiger partial charge is 0.480 e. The maximum Gasteiger partial charge on any atom is 0.265 e. The molecule has 0 aliphatic heterocycles. The molecule has 2 amide bonds. The maximum atomic E-state index is 12.7. The SMILES string of the molecule is CC(Oc1ccc(Cl)cc1Br)C(=O)Nc1ccccc1NC(=O)C(C)Oc1ccc(Cl)cc1Br. The van der Waals surface area contributed by atoms with Gasteiger partial charge in [-0.3, -0.25) is 9.59 Å². The van der Waals surface area contributed by atoms with E-state index in [-0.39, 0.29) is 0 Å². The first-order valence-corrected chi connectivity index (χ1v) is 12.4. The molecule has 0 fully saturated rings. The number of rotatable bonds is 8. The average Bonchev–Trinajstić information content (AvgIpc) is 2.78. The number of carbonyl (C=O) groups excluding carboxylic acids is 2. The standard InChI is InChI=1S/C24H20Br2Cl2N2O4/c1-13(33-21-9-7-15(27)11-17(21)25)23(31)29-19-5-3-4-6-20(19)30-24(32)14(2)34-22-10-8-16(28)12-18(22)26/h3-14H,1-2H3,(H,29,31)(H,30,32). The Morgan fingerprint density at radius 3 is 1.47 bits per heavy atom. The first-order chi connectivity index (χ1) is 16.1. The Hall–Kier alpha value is -2.26. The Morgan fingerprint density at radius 2 is 1.12 bits per heavy atom. The fraction of sp³-hybridized carbons (Fsp3) is 0.167. The van der Waals surface area contributed by atoms with E-state index in [1.54, 1.807) is 74.5 Å². The molecule has 0 spiro atoms. The Bertz CT molecular complexity index is 1120. The summed E-state index contributed by atoms with van der Waals surface area (Å²) < 4.78 is 12.7. The predicted molar refractivity (Wildman–Crippen MR) is 142 cm³/mol. The molecule has 2 unspecified atom stereocenters. The number of anilines is 2. The van der Waals surface area contributed by atoms with E-state index in [4.69, 9.17) is 32.7 Å². The van der Waals surface area contributed by atoms with Crippen molar-refractivity contribution in [3.63, 3.8) is 0 Å². The van der Waals surface area contributed by atoms with Crippen LogP contribution in [0.25, 0.3) is 0 Å². The molecule has 0 aliphatic carbocycles. The van der Waals surface area contributed by atoms with Gasteiger partial charge >= 0.3 is 0 Å². The van der Waals surface area contributed by atoms with Crippen molar-refractivity contribution in [3.05, 3.63) is 79.7 Å². The smallest absolute Gasteiger partial charge is 0.265 e. The van der Waals surface area contributed by atoms with Gasteiger partial charge in [0.2, 0.25) is 0 Å². The lowest BCUT2D eigenvalue weighted by atomic mass is 10.2. The Morgan fingerprint density at radius 1 is 0.735 bits per heavy atom. The van der Waals surface area contributed by atoms with Crippen molar-refractivity contribution in [1.82, 2.24) is 0 Å². The maximum absolute atomic E-state index is 12.7. The van der Waals surface area contributed by atoms with Gasteiger partial charge in [-0.15, -0.1) is 0 Å². The molecule has 0 radical (unpaired) electrons. The molecule has 2 atom stereocenters. The van der Waals surface area contributed by atoms with Gasteiger partial charge in [-0.05, 0) is 94.2 Å². The lowest BCUT2D eigenvalue weighted by Gasteiger charge is -2.19. The van der Waals surface area contributed by atoms with Crippen LogP contribution in [-0.2, 0) is 9.59 Å². The fourth-order valence-corrected chi connectivity index (χ4v) is 4.35. The predicted octanol–water partition coefficient (Wildman–Crippen LogP) is 7.33. The Labute approximate surface area is 224 Å². The molecule has 178 valence electrons. The fourth-order valence-electron chi connectivity index (χ4n) is 2.80. The van der Waals surface area contributed by atoms with Crippen LogP contribution in [0.1, 0.15) is 13.8 Å². The average molecular weight is 631 g/mol. The molecule has 0 saturated carbocycles. The third kappa shape index (κ3) is 7.12. The van der Waals surface area contributed by atoms with Crippen LogP contribution >= 0.6 is 55.1 Å². The summed E-state index contributed by atoms with van der Waals surface area (Å²) in [4.78, 5) is 25.5. The number of ether oxygens (including phenoxy) is 2. The van der Waals surface area contributed by atoms with Crippen LogP contribution < -0.4 is 20.1 Å². The summed E-state index contributed by atoms with van der Waals surface area (Å²) in [6.07, 6.45) is -1.63. The number of benzene rings is 3. The zero-order chi connectivity index (χ0) is 24.8. The minimum Gasteiger partial charge on any atom is -0.480 e. The normalized spacial score (nSPS) is 12.4. The van der Waals surface area contributed by atoms with Gasteiger partial charge in [-0.25, -0.2) is 0 Å². The highest BCUT2D eigenvalue weighted by Crippen LogP contribution is 2.30. The van der Waals surface area contributed by atoms with Gasteiger partial charge in [0.05, 0.1) is 20.3 Å². The van der Waals surface area contributed by atoms with E-state index >= 15 is 0 Å². The summed E-state index contributed by atoms with van der Waals surface area (Å²) in [5.41, 5.74) is 0.845. The minimum absolute atomic E-state index is 0.391. The monoisotopic (exact) mass is 628 g/mol. The van der Waals surface area contributed by atoms with Crippen molar-refractivity contribution in [2.45, 2.75) is 26.1 Å². The first-order valence-electron chi connectivity index (χ1n) is 10.1. The molecule has 0 bridgehead atoms. The van der Waals surface area contributed by atoms with E-state index in [0.29, 0.717) is 41.9 Å². The molecule has 6 nitrogen and oxygen atoms in total. The van der Waals surface area contributed by atoms with Crippen molar-refractivity contribution in [3.8, 4) is 11.5 Å². The number of hydrogen-bond donors (Lipinski definition) is 2. The molecule has 10 heteroatoms. The summed E-state index contributed by atoms with van der Waals surface area (Å²) >= 11 is 18.6. The van der Waals surface area contributed by atoms with Crippen molar-refractivity contribution < 1.29 is 19.1 Å². The molecule has 0 aromatic heterocycles. The van der Waals surface area contributed by atoms with E-state index in [2.05, 4.69) is 42.5 Å². The minimum atomic E-state index is -0.814. The van der Waals surface area contributed by atoms with Crippen LogP contribution in [0.5, 0.6) is 11.5 Å². The molecule has 3 aromatic rings. The lowest BCUT2D eigenvalue weighted by Crippen LogP contribution is -2.32. The summed E-state index contributed by atoms with van der Waals surface area (Å²) in [5.74, 6) is 0.178. The third-order valence-corrected chi connectivity index (χ3v) is 6.29. The molecule has 2 N–H and O–H groups in total. The molecule has 0 aliphatic rings. The zero-order valence-electron chi connectivity index (χ0n) is 18.1. The summed E-state index contributed by atoms with van der Waals surface area (Å²) in [7, 11) is 0. The lowest BCUT2D eigenvalue weighted by molar-refractivity contribution is -0.122. The molecule has 3 rings (SSSR count). The van der Waals surface area contributed by atoms with E-state index < -0.39 is 24.0 Å². The van der Waals surface area contributed by atoms with Crippen LogP contribution in [-0.4, -0.2) is 24.0 Å². The number of halogens is 4. The van der Waals surface area contributed by atoms with Crippen molar-refractivity contribution in [1.29, 1.82) is 0 Å². The van der Waals surface area contributed by atoms with Crippen molar-refractivity contribution in [2.24, 2.45) is 0 Å². The Balaban J connectivity index is 1.65. The molecular weight excluding hydrogens is 611 g/mol. The van der Waals surface area contributed by atoms with Crippen LogP contribution in [0.3, 0.4) is 0 Å². The number of hydrogen-bond acceptors (Lipinski definition) is 4. The van der Waals surface area contributed by atoms with E-state index in [0.717, 1.165) is 0 Å². The highest BCUT2D eigenvalue weighted by Gasteiger charge is 2.20. The number of para-hydroxylation sites is 2. The van der Waals surface area contributed by atoms with Gasteiger partial charge in [0, 0.05) is 10.0 Å². The molecule has 0 saturated heterocycles. The molecular formula is C24H20Br2Cl2N2O4.